The van der Waals surface area contributed by atoms with Gasteiger partial charge in [0, 0.05) is 6.54 Å². The number of hydrogen-bond acceptors (Lipinski definition) is 7. The molecule has 7 heteroatoms. The zero-order valence-corrected chi connectivity index (χ0v) is 15.5. The molecular weight excluding hydrogens is 346 g/mol. The highest BCUT2D eigenvalue weighted by molar-refractivity contribution is 5.95. The van der Waals surface area contributed by atoms with Gasteiger partial charge in [-0.05, 0) is 36.8 Å². The van der Waals surface area contributed by atoms with Gasteiger partial charge in [0.25, 0.3) is 0 Å². The number of nitrogens with zero attached hydrogens (tertiary/aromatic N) is 2. The third kappa shape index (κ3) is 4.08. The summed E-state index contributed by atoms with van der Waals surface area (Å²) in [6, 6.07) is 13.0. The second-order valence-corrected chi connectivity index (χ2v) is 5.67. The van der Waals surface area contributed by atoms with Crippen molar-refractivity contribution in [2.45, 2.75) is 13.5 Å². The van der Waals surface area contributed by atoms with Crippen LogP contribution in [0.25, 0.3) is 11.0 Å². The van der Waals surface area contributed by atoms with Crippen molar-refractivity contribution >= 4 is 22.8 Å². The average Bonchev–Trinajstić information content (AvgIpc) is 2.71. The van der Waals surface area contributed by atoms with Crippen molar-refractivity contribution < 1.29 is 19.0 Å². The largest absolute Gasteiger partial charge is 0.493 e. The highest BCUT2D eigenvalue weighted by atomic mass is 16.5. The van der Waals surface area contributed by atoms with Crippen LogP contribution in [0.2, 0.25) is 0 Å². The second-order valence-electron chi connectivity index (χ2n) is 5.67. The molecule has 1 N–H and O–H groups in total. The molecule has 0 spiro atoms. The summed E-state index contributed by atoms with van der Waals surface area (Å²) in [6.45, 7) is 2.91. The van der Waals surface area contributed by atoms with Gasteiger partial charge in [0.05, 0.1) is 31.9 Å². The van der Waals surface area contributed by atoms with Gasteiger partial charge in [-0.25, -0.2) is 14.8 Å². The van der Waals surface area contributed by atoms with Crippen LogP contribution in [0.3, 0.4) is 0 Å². The number of benzene rings is 2. The lowest BCUT2D eigenvalue weighted by molar-refractivity contribution is 0.0595. The first-order chi connectivity index (χ1) is 13.2. The number of carbonyl (C=O) groups is 1. The Kier molecular flexibility index (Phi) is 5.71. The summed E-state index contributed by atoms with van der Waals surface area (Å²) in [5, 5.41) is 3.17. The van der Waals surface area contributed by atoms with E-state index in [1.165, 1.54) is 7.11 Å². The van der Waals surface area contributed by atoms with E-state index in [1.807, 2.05) is 43.3 Å². The lowest BCUT2D eigenvalue weighted by Gasteiger charge is -2.13. The Hall–Kier alpha value is -3.35. The molecule has 3 aromatic rings. The molecule has 7 nitrogen and oxygen atoms in total. The first-order valence-corrected chi connectivity index (χ1v) is 8.55. The number of anilines is 1. The molecule has 0 saturated carbocycles. The first kappa shape index (κ1) is 18.4. The molecule has 0 unspecified atom stereocenters. The molecule has 0 bridgehead atoms. The molecule has 3 rings (SSSR count). The van der Waals surface area contributed by atoms with Crippen LogP contribution in [0, 0.1) is 0 Å². The highest BCUT2D eigenvalue weighted by Gasteiger charge is 2.17. The lowest BCUT2D eigenvalue weighted by Crippen LogP contribution is -2.12. The average molecular weight is 367 g/mol. The van der Waals surface area contributed by atoms with E-state index in [0.29, 0.717) is 41.5 Å². The fourth-order valence-corrected chi connectivity index (χ4v) is 2.64. The number of nitrogens with one attached hydrogen (secondary N) is 1. The van der Waals surface area contributed by atoms with Crippen molar-refractivity contribution in [1.82, 2.24) is 9.97 Å². The summed E-state index contributed by atoms with van der Waals surface area (Å²) >= 11 is 0. The number of methoxy groups -OCH3 is 2. The number of para-hydroxylation sites is 2. The van der Waals surface area contributed by atoms with Crippen molar-refractivity contribution in [1.29, 1.82) is 0 Å². The summed E-state index contributed by atoms with van der Waals surface area (Å²) in [6.07, 6.45) is 0. The lowest BCUT2D eigenvalue weighted by atomic mass is 10.2. The maximum absolute atomic E-state index is 12.1. The number of esters is 1. The second kappa shape index (κ2) is 8.35. The van der Waals surface area contributed by atoms with E-state index >= 15 is 0 Å². The number of carbonyl (C=O) groups excluding carboxylic acids is 1. The third-order valence-electron chi connectivity index (χ3n) is 3.94. The SMILES string of the molecule is CCOc1ccc(CNc2nc3ccccc3nc2C(=O)OC)cc1OC. The standard InChI is InChI=1S/C20H21N3O4/c1-4-27-16-10-9-13(11-17(16)25-2)12-21-19-18(20(24)26-3)22-14-7-5-6-8-15(14)23-19/h5-11H,4,12H2,1-3H3,(H,21,23). The predicted octanol–water partition coefficient (Wildman–Crippen LogP) is 3.44. The molecule has 140 valence electrons. The summed E-state index contributed by atoms with van der Waals surface area (Å²) in [4.78, 5) is 21.0. The maximum atomic E-state index is 12.1. The van der Waals surface area contributed by atoms with Crippen molar-refractivity contribution in [3.05, 3.63) is 53.7 Å². The normalized spacial score (nSPS) is 10.5. The topological polar surface area (TPSA) is 82.6 Å². The summed E-state index contributed by atoms with van der Waals surface area (Å²) in [7, 11) is 2.92. The molecule has 0 radical (unpaired) electrons. The van der Waals surface area contributed by atoms with Crippen LogP contribution in [0.15, 0.2) is 42.5 Å². The minimum Gasteiger partial charge on any atom is -0.493 e. The van der Waals surface area contributed by atoms with E-state index in [2.05, 4.69) is 15.3 Å². The van der Waals surface area contributed by atoms with Crippen molar-refractivity contribution in [3.63, 3.8) is 0 Å². The Balaban J connectivity index is 1.88. The molecule has 2 aromatic carbocycles. The van der Waals surface area contributed by atoms with Crippen LogP contribution in [0.4, 0.5) is 5.82 Å². The molecule has 1 heterocycles. The number of aromatic nitrogens is 2. The van der Waals surface area contributed by atoms with E-state index in [9.17, 15) is 4.79 Å². The van der Waals surface area contributed by atoms with Gasteiger partial charge in [0.1, 0.15) is 0 Å². The highest BCUT2D eigenvalue weighted by Crippen LogP contribution is 2.28. The zero-order chi connectivity index (χ0) is 19.2. The molecule has 27 heavy (non-hydrogen) atoms. The maximum Gasteiger partial charge on any atom is 0.360 e. The van der Waals surface area contributed by atoms with Gasteiger partial charge >= 0.3 is 5.97 Å². The molecule has 0 fully saturated rings. The number of fused-ring (bicyclic) bond motifs is 1. The Morgan fingerprint density at radius 2 is 1.78 bits per heavy atom. The number of ether oxygens (including phenoxy) is 3. The summed E-state index contributed by atoms with van der Waals surface area (Å²) in [5.74, 6) is 1.16. The Labute approximate surface area is 157 Å². The van der Waals surface area contributed by atoms with Crippen LogP contribution in [-0.4, -0.2) is 36.8 Å². The molecular formula is C20H21N3O4. The molecule has 0 amide bonds. The monoisotopic (exact) mass is 367 g/mol. The number of hydrogen-bond donors (Lipinski definition) is 1. The van der Waals surface area contributed by atoms with E-state index in [0.717, 1.165) is 5.56 Å². The third-order valence-corrected chi connectivity index (χ3v) is 3.94. The predicted molar refractivity (Wildman–Crippen MR) is 102 cm³/mol. The van der Waals surface area contributed by atoms with Crippen LogP contribution in [0.1, 0.15) is 23.0 Å². The molecule has 0 aliphatic carbocycles. The zero-order valence-electron chi connectivity index (χ0n) is 15.5. The fraction of sp³-hybridized carbons (Fsp3) is 0.250. The van der Waals surface area contributed by atoms with E-state index in [4.69, 9.17) is 14.2 Å². The Bertz CT molecular complexity index is 959. The number of rotatable bonds is 7. The van der Waals surface area contributed by atoms with Crippen molar-refractivity contribution in [3.8, 4) is 11.5 Å². The molecule has 0 atom stereocenters. The smallest absolute Gasteiger partial charge is 0.360 e. The van der Waals surface area contributed by atoms with E-state index in [1.54, 1.807) is 13.2 Å². The quantitative estimate of drug-likeness (QED) is 0.641. The summed E-state index contributed by atoms with van der Waals surface area (Å²) in [5.41, 5.74) is 2.42. The van der Waals surface area contributed by atoms with Gasteiger partial charge in [-0.1, -0.05) is 18.2 Å². The molecule has 0 aliphatic heterocycles. The molecule has 1 aromatic heterocycles. The van der Waals surface area contributed by atoms with Crippen LogP contribution in [0.5, 0.6) is 11.5 Å². The van der Waals surface area contributed by atoms with Crippen LogP contribution < -0.4 is 14.8 Å². The Morgan fingerprint density at radius 1 is 1.04 bits per heavy atom. The van der Waals surface area contributed by atoms with Crippen molar-refractivity contribution in [2.24, 2.45) is 0 Å². The summed E-state index contributed by atoms with van der Waals surface area (Å²) < 4.78 is 15.7. The van der Waals surface area contributed by atoms with E-state index < -0.39 is 5.97 Å². The minimum atomic E-state index is -0.542. The van der Waals surface area contributed by atoms with Crippen LogP contribution in [-0.2, 0) is 11.3 Å². The van der Waals surface area contributed by atoms with Gasteiger partial charge in [-0.3, -0.25) is 0 Å². The van der Waals surface area contributed by atoms with Gasteiger partial charge in [0.15, 0.2) is 23.0 Å². The molecule has 0 aliphatic rings. The Morgan fingerprint density at radius 3 is 2.44 bits per heavy atom. The first-order valence-electron chi connectivity index (χ1n) is 8.55. The van der Waals surface area contributed by atoms with Gasteiger partial charge in [-0.15, -0.1) is 0 Å². The van der Waals surface area contributed by atoms with Gasteiger partial charge in [0.2, 0.25) is 0 Å². The molecule has 0 saturated heterocycles. The minimum absolute atomic E-state index is 0.147. The van der Waals surface area contributed by atoms with Gasteiger partial charge in [-0.2, -0.15) is 0 Å². The fourth-order valence-electron chi connectivity index (χ4n) is 2.64. The van der Waals surface area contributed by atoms with Gasteiger partial charge < -0.3 is 19.5 Å². The van der Waals surface area contributed by atoms with Crippen LogP contribution >= 0.6 is 0 Å². The van der Waals surface area contributed by atoms with Crippen molar-refractivity contribution in [2.75, 3.05) is 26.1 Å². The van der Waals surface area contributed by atoms with E-state index in [-0.39, 0.29) is 5.69 Å².